The van der Waals surface area contributed by atoms with Gasteiger partial charge in [0.2, 0.25) is 0 Å². The molecule has 0 aliphatic carbocycles. The minimum atomic E-state index is 0.171. The highest BCUT2D eigenvalue weighted by Crippen LogP contribution is 2.21. The summed E-state index contributed by atoms with van der Waals surface area (Å²) in [4.78, 5) is 16.4. The van der Waals surface area contributed by atoms with E-state index in [4.69, 9.17) is 0 Å². The van der Waals surface area contributed by atoms with Crippen molar-refractivity contribution in [2.45, 2.75) is 6.54 Å². The number of nitrogens with zero attached hydrogens (tertiary/aromatic N) is 1. The molecule has 0 aromatic carbocycles. The Morgan fingerprint density at radius 1 is 1.58 bits per heavy atom. The Kier molecular flexibility index (Phi) is 1.81. The molecule has 4 heteroatoms. The van der Waals surface area contributed by atoms with E-state index in [1.807, 2.05) is 18.0 Å². The van der Waals surface area contributed by atoms with Crippen molar-refractivity contribution in [3.63, 3.8) is 0 Å². The van der Waals surface area contributed by atoms with Crippen molar-refractivity contribution in [3.05, 3.63) is 21.9 Å². The van der Waals surface area contributed by atoms with Crippen molar-refractivity contribution in [1.29, 1.82) is 0 Å². The van der Waals surface area contributed by atoms with Crippen molar-refractivity contribution in [2.24, 2.45) is 0 Å². The molecule has 0 atom stereocenters. The van der Waals surface area contributed by atoms with Crippen LogP contribution in [0.15, 0.2) is 10.7 Å². The predicted molar refractivity (Wildman–Crippen MR) is 49.2 cm³/mol. The van der Waals surface area contributed by atoms with Gasteiger partial charge in [0, 0.05) is 6.54 Å². The fourth-order valence-corrected chi connectivity index (χ4v) is 1.98. The Labute approximate surface area is 78.9 Å². The van der Waals surface area contributed by atoms with E-state index in [1.54, 1.807) is 0 Å². The number of rotatable bonds is 0. The van der Waals surface area contributed by atoms with Crippen molar-refractivity contribution >= 4 is 21.7 Å². The topological polar surface area (TPSA) is 36.1 Å². The SMILES string of the molecule is CN1CC(=O)c2[nH]c(Br)cc2C1. The first-order valence-electron chi connectivity index (χ1n) is 3.76. The van der Waals surface area contributed by atoms with Crippen LogP contribution in [-0.2, 0) is 6.54 Å². The number of halogens is 1. The van der Waals surface area contributed by atoms with E-state index in [0.717, 1.165) is 22.4 Å². The number of hydrogen-bond donors (Lipinski definition) is 1. The zero-order valence-corrected chi connectivity index (χ0v) is 8.31. The first-order valence-corrected chi connectivity index (χ1v) is 4.55. The first-order chi connectivity index (χ1) is 5.66. The third kappa shape index (κ3) is 1.21. The van der Waals surface area contributed by atoms with E-state index >= 15 is 0 Å². The molecule has 0 amide bonds. The number of aromatic amines is 1. The molecule has 1 N–H and O–H groups in total. The molecule has 0 spiro atoms. The Balaban J connectivity index is 2.46. The number of Topliss-reactive ketones (excluding diaryl/α,β-unsaturated/α-hetero) is 1. The Bertz CT molecular complexity index is 332. The monoisotopic (exact) mass is 228 g/mol. The maximum absolute atomic E-state index is 11.4. The lowest BCUT2D eigenvalue weighted by molar-refractivity contribution is 0.0918. The second-order valence-corrected chi connectivity index (χ2v) is 3.97. The molecule has 0 bridgehead atoms. The minimum absolute atomic E-state index is 0.171. The zero-order chi connectivity index (χ0) is 8.72. The number of ketones is 1. The third-order valence-electron chi connectivity index (χ3n) is 2.00. The van der Waals surface area contributed by atoms with E-state index in [9.17, 15) is 4.79 Å². The summed E-state index contributed by atoms with van der Waals surface area (Å²) in [6, 6.07) is 1.96. The third-order valence-corrected chi connectivity index (χ3v) is 2.43. The Hall–Kier alpha value is -0.610. The van der Waals surface area contributed by atoms with Gasteiger partial charge in [0.25, 0.3) is 0 Å². The Morgan fingerprint density at radius 2 is 2.33 bits per heavy atom. The Morgan fingerprint density at radius 3 is 3.08 bits per heavy atom. The molecule has 0 unspecified atom stereocenters. The smallest absolute Gasteiger partial charge is 0.193 e. The lowest BCUT2D eigenvalue weighted by Gasteiger charge is -2.20. The highest BCUT2D eigenvalue weighted by atomic mass is 79.9. The van der Waals surface area contributed by atoms with E-state index in [2.05, 4.69) is 20.9 Å². The number of aromatic nitrogens is 1. The standard InChI is InChI=1S/C8H9BrN2O/c1-11-3-5-2-7(9)10-8(5)6(12)4-11/h2,10H,3-4H2,1H3. The van der Waals surface area contributed by atoms with Gasteiger partial charge in [0.05, 0.1) is 16.8 Å². The summed E-state index contributed by atoms with van der Waals surface area (Å²) in [6.07, 6.45) is 0. The van der Waals surface area contributed by atoms with Crippen LogP contribution in [0.2, 0.25) is 0 Å². The van der Waals surface area contributed by atoms with Gasteiger partial charge in [-0.1, -0.05) is 0 Å². The highest BCUT2D eigenvalue weighted by molar-refractivity contribution is 9.10. The molecule has 12 heavy (non-hydrogen) atoms. The summed E-state index contributed by atoms with van der Waals surface area (Å²) < 4.78 is 0.885. The second kappa shape index (κ2) is 2.71. The molecule has 3 nitrogen and oxygen atoms in total. The van der Waals surface area contributed by atoms with Crippen LogP contribution in [0.1, 0.15) is 16.1 Å². The van der Waals surface area contributed by atoms with Gasteiger partial charge in [-0.3, -0.25) is 9.69 Å². The average molecular weight is 229 g/mol. The van der Waals surface area contributed by atoms with Gasteiger partial charge in [0.1, 0.15) is 0 Å². The number of likely N-dealkylation sites (N-methyl/N-ethyl adjacent to an activating group) is 1. The van der Waals surface area contributed by atoms with E-state index in [0.29, 0.717) is 6.54 Å². The van der Waals surface area contributed by atoms with Gasteiger partial charge in [0.15, 0.2) is 5.78 Å². The molecule has 1 aliphatic rings. The van der Waals surface area contributed by atoms with Crippen molar-refractivity contribution in [2.75, 3.05) is 13.6 Å². The fraction of sp³-hybridized carbons (Fsp3) is 0.375. The summed E-state index contributed by atoms with van der Waals surface area (Å²) in [5.41, 5.74) is 1.85. The molecule has 1 aliphatic heterocycles. The summed E-state index contributed by atoms with van der Waals surface area (Å²) in [6.45, 7) is 1.36. The predicted octanol–water partition coefficient (Wildman–Crippen LogP) is 1.41. The van der Waals surface area contributed by atoms with Crippen LogP contribution in [0.4, 0.5) is 0 Å². The lowest BCUT2D eigenvalue weighted by atomic mass is 10.1. The molecule has 1 aromatic rings. The molecular formula is C8H9BrN2O. The van der Waals surface area contributed by atoms with Gasteiger partial charge in [-0.05, 0) is 34.6 Å². The van der Waals surface area contributed by atoms with E-state index < -0.39 is 0 Å². The lowest BCUT2D eigenvalue weighted by Crippen LogP contribution is -2.31. The molecule has 0 fully saturated rings. The molecule has 64 valence electrons. The van der Waals surface area contributed by atoms with Gasteiger partial charge in [-0.15, -0.1) is 0 Å². The van der Waals surface area contributed by atoms with Gasteiger partial charge in [-0.2, -0.15) is 0 Å². The van der Waals surface area contributed by atoms with Crippen molar-refractivity contribution in [1.82, 2.24) is 9.88 Å². The van der Waals surface area contributed by atoms with Crippen LogP contribution in [0, 0.1) is 0 Å². The van der Waals surface area contributed by atoms with Gasteiger partial charge >= 0.3 is 0 Å². The molecule has 0 saturated carbocycles. The number of H-pyrrole nitrogens is 1. The number of nitrogens with one attached hydrogen (secondary N) is 1. The zero-order valence-electron chi connectivity index (χ0n) is 6.72. The summed E-state index contributed by atoms with van der Waals surface area (Å²) in [7, 11) is 1.95. The molecule has 1 aromatic heterocycles. The van der Waals surface area contributed by atoms with E-state index in [-0.39, 0.29) is 5.78 Å². The number of fused-ring (bicyclic) bond motifs is 1. The average Bonchev–Trinajstić information content (AvgIpc) is 2.29. The van der Waals surface area contributed by atoms with Crippen LogP contribution in [0.25, 0.3) is 0 Å². The van der Waals surface area contributed by atoms with Gasteiger partial charge in [-0.25, -0.2) is 0 Å². The fourth-order valence-electron chi connectivity index (χ4n) is 1.51. The van der Waals surface area contributed by atoms with Gasteiger partial charge < -0.3 is 4.98 Å². The number of carbonyl (C=O) groups is 1. The first kappa shape index (κ1) is 8.01. The molecular weight excluding hydrogens is 220 g/mol. The normalized spacial score (nSPS) is 18.0. The quantitative estimate of drug-likeness (QED) is 0.730. The maximum atomic E-state index is 11.4. The van der Waals surface area contributed by atoms with Crippen molar-refractivity contribution in [3.8, 4) is 0 Å². The van der Waals surface area contributed by atoms with Crippen LogP contribution in [-0.4, -0.2) is 29.3 Å². The maximum Gasteiger partial charge on any atom is 0.193 e. The van der Waals surface area contributed by atoms with E-state index in [1.165, 1.54) is 0 Å². The summed E-state index contributed by atoms with van der Waals surface area (Å²) >= 11 is 3.31. The molecule has 2 rings (SSSR count). The number of hydrogen-bond acceptors (Lipinski definition) is 2. The van der Waals surface area contributed by atoms with Crippen LogP contribution < -0.4 is 0 Å². The van der Waals surface area contributed by atoms with Crippen molar-refractivity contribution < 1.29 is 4.79 Å². The minimum Gasteiger partial charge on any atom is -0.347 e. The van der Waals surface area contributed by atoms with Crippen LogP contribution in [0.3, 0.4) is 0 Å². The molecule has 2 heterocycles. The number of carbonyl (C=O) groups excluding carboxylic acids is 1. The summed E-state index contributed by atoms with van der Waals surface area (Å²) in [5, 5.41) is 0. The summed E-state index contributed by atoms with van der Waals surface area (Å²) in [5.74, 6) is 0.171. The highest BCUT2D eigenvalue weighted by Gasteiger charge is 2.22. The second-order valence-electron chi connectivity index (χ2n) is 3.11. The van der Waals surface area contributed by atoms with Crippen LogP contribution in [0.5, 0.6) is 0 Å². The van der Waals surface area contributed by atoms with Crippen LogP contribution >= 0.6 is 15.9 Å². The largest absolute Gasteiger partial charge is 0.347 e. The molecule has 0 saturated heterocycles. The molecule has 0 radical (unpaired) electrons.